The van der Waals surface area contributed by atoms with Crippen LogP contribution in [0.25, 0.3) is 0 Å². The number of hydrogen-bond acceptors (Lipinski definition) is 4. The standard InChI is InChI=1S/C17H18N2O2/c1-13-3-2-4-15(9-13)19-11-16(20)12-21-17-7-5-14(10-18)6-8-17/h2-9,16,19-20H,11-12H2,1H3. The van der Waals surface area contributed by atoms with E-state index in [0.717, 1.165) is 5.69 Å². The van der Waals surface area contributed by atoms with Crippen LogP contribution >= 0.6 is 0 Å². The number of benzene rings is 2. The molecule has 2 rings (SSSR count). The van der Waals surface area contributed by atoms with E-state index < -0.39 is 6.10 Å². The Bertz CT molecular complexity index is 617. The van der Waals surface area contributed by atoms with Gasteiger partial charge in [0.1, 0.15) is 18.5 Å². The smallest absolute Gasteiger partial charge is 0.119 e. The summed E-state index contributed by atoms with van der Waals surface area (Å²) in [5.41, 5.74) is 2.74. The Morgan fingerprint density at radius 2 is 2.00 bits per heavy atom. The molecule has 2 aromatic rings. The van der Waals surface area contributed by atoms with Crippen molar-refractivity contribution in [2.24, 2.45) is 0 Å². The highest BCUT2D eigenvalue weighted by Crippen LogP contribution is 2.12. The van der Waals surface area contributed by atoms with Gasteiger partial charge in [-0.3, -0.25) is 0 Å². The number of hydrogen-bond donors (Lipinski definition) is 2. The van der Waals surface area contributed by atoms with Crippen LogP contribution in [0.1, 0.15) is 11.1 Å². The van der Waals surface area contributed by atoms with Crippen LogP contribution in [0.5, 0.6) is 5.75 Å². The quantitative estimate of drug-likeness (QED) is 0.855. The molecule has 108 valence electrons. The first-order chi connectivity index (χ1) is 10.2. The Hall–Kier alpha value is -2.51. The Morgan fingerprint density at radius 3 is 2.67 bits per heavy atom. The average Bonchev–Trinajstić information content (AvgIpc) is 2.51. The molecule has 0 radical (unpaired) electrons. The van der Waals surface area contributed by atoms with E-state index in [2.05, 4.69) is 5.32 Å². The number of aryl methyl sites for hydroxylation is 1. The third-order valence-electron chi connectivity index (χ3n) is 2.99. The summed E-state index contributed by atoms with van der Waals surface area (Å²) in [7, 11) is 0. The minimum absolute atomic E-state index is 0.199. The summed E-state index contributed by atoms with van der Waals surface area (Å²) in [6.07, 6.45) is -0.610. The monoisotopic (exact) mass is 282 g/mol. The zero-order valence-corrected chi connectivity index (χ0v) is 11.9. The van der Waals surface area contributed by atoms with Crippen molar-refractivity contribution in [2.45, 2.75) is 13.0 Å². The maximum atomic E-state index is 9.90. The molecule has 0 amide bonds. The summed E-state index contributed by atoms with van der Waals surface area (Å²) in [5, 5.41) is 21.8. The maximum absolute atomic E-state index is 9.90. The van der Waals surface area contributed by atoms with Gasteiger partial charge >= 0.3 is 0 Å². The zero-order chi connectivity index (χ0) is 15.1. The van der Waals surface area contributed by atoms with Crippen molar-refractivity contribution in [3.63, 3.8) is 0 Å². The second kappa shape index (κ2) is 7.32. The Balaban J connectivity index is 1.76. The van der Waals surface area contributed by atoms with Gasteiger partial charge in [-0.15, -0.1) is 0 Å². The minimum atomic E-state index is -0.610. The highest BCUT2D eigenvalue weighted by molar-refractivity contribution is 5.45. The number of nitriles is 1. The molecule has 4 nitrogen and oxygen atoms in total. The van der Waals surface area contributed by atoms with Crippen molar-refractivity contribution in [1.82, 2.24) is 0 Å². The fourth-order valence-electron chi connectivity index (χ4n) is 1.87. The van der Waals surface area contributed by atoms with E-state index in [1.807, 2.05) is 37.3 Å². The average molecular weight is 282 g/mol. The van der Waals surface area contributed by atoms with E-state index in [-0.39, 0.29) is 6.61 Å². The number of anilines is 1. The van der Waals surface area contributed by atoms with Crippen molar-refractivity contribution in [3.8, 4) is 11.8 Å². The van der Waals surface area contributed by atoms with Crippen molar-refractivity contribution >= 4 is 5.69 Å². The van der Waals surface area contributed by atoms with Crippen LogP contribution in [0, 0.1) is 18.3 Å². The summed E-state index contributed by atoms with van der Waals surface area (Å²) in [6.45, 7) is 2.64. The second-order valence-electron chi connectivity index (χ2n) is 4.85. The minimum Gasteiger partial charge on any atom is -0.491 e. The first kappa shape index (κ1) is 14.9. The summed E-state index contributed by atoms with van der Waals surface area (Å²) in [5.74, 6) is 0.642. The van der Waals surface area contributed by atoms with Gasteiger partial charge in [0.2, 0.25) is 0 Å². The van der Waals surface area contributed by atoms with Crippen molar-refractivity contribution in [2.75, 3.05) is 18.5 Å². The number of rotatable bonds is 6. The van der Waals surface area contributed by atoms with E-state index in [4.69, 9.17) is 10.00 Å². The van der Waals surface area contributed by atoms with Crippen molar-refractivity contribution in [3.05, 3.63) is 59.7 Å². The first-order valence-corrected chi connectivity index (χ1v) is 6.79. The molecule has 21 heavy (non-hydrogen) atoms. The number of aliphatic hydroxyl groups excluding tert-OH is 1. The highest BCUT2D eigenvalue weighted by Gasteiger charge is 2.05. The van der Waals surface area contributed by atoms with Gasteiger partial charge in [0.05, 0.1) is 11.6 Å². The lowest BCUT2D eigenvalue weighted by molar-refractivity contribution is 0.117. The molecule has 0 heterocycles. The Kier molecular flexibility index (Phi) is 5.19. The summed E-state index contributed by atoms with van der Waals surface area (Å²) >= 11 is 0. The Labute approximate surface area is 124 Å². The van der Waals surface area contributed by atoms with E-state index in [0.29, 0.717) is 17.9 Å². The van der Waals surface area contributed by atoms with E-state index in [1.165, 1.54) is 5.56 Å². The van der Waals surface area contributed by atoms with Gasteiger partial charge in [-0.05, 0) is 48.9 Å². The second-order valence-corrected chi connectivity index (χ2v) is 4.85. The van der Waals surface area contributed by atoms with Gasteiger partial charge in [0.25, 0.3) is 0 Å². The Morgan fingerprint density at radius 1 is 1.24 bits per heavy atom. The molecule has 0 aliphatic heterocycles. The molecule has 0 saturated carbocycles. The van der Waals surface area contributed by atoms with Crippen LogP contribution in [-0.2, 0) is 0 Å². The molecular weight excluding hydrogens is 264 g/mol. The highest BCUT2D eigenvalue weighted by atomic mass is 16.5. The van der Waals surface area contributed by atoms with Crippen LogP contribution in [0.4, 0.5) is 5.69 Å². The van der Waals surface area contributed by atoms with Gasteiger partial charge in [-0.2, -0.15) is 5.26 Å². The molecule has 0 aromatic heterocycles. The topological polar surface area (TPSA) is 65.3 Å². The van der Waals surface area contributed by atoms with Crippen LogP contribution in [0.15, 0.2) is 48.5 Å². The molecule has 2 N–H and O–H groups in total. The van der Waals surface area contributed by atoms with Gasteiger partial charge < -0.3 is 15.2 Å². The largest absolute Gasteiger partial charge is 0.491 e. The van der Waals surface area contributed by atoms with Crippen LogP contribution in [-0.4, -0.2) is 24.4 Å². The lowest BCUT2D eigenvalue weighted by Gasteiger charge is -2.14. The van der Waals surface area contributed by atoms with Crippen molar-refractivity contribution in [1.29, 1.82) is 5.26 Å². The van der Waals surface area contributed by atoms with Crippen molar-refractivity contribution < 1.29 is 9.84 Å². The number of ether oxygens (including phenoxy) is 1. The maximum Gasteiger partial charge on any atom is 0.119 e. The number of aliphatic hydroxyl groups is 1. The third-order valence-corrected chi connectivity index (χ3v) is 2.99. The predicted octanol–water partition coefficient (Wildman–Crippen LogP) is 2.72. The molecule has 0 saturated heterocycles. The van der Waals surface area contributed by atoms with Gasteiger partial charge in [-0.25, -0.2) is 0 Å². The number of nitrogens with zero attached hydrogens (tertiary/aromatic N) is 1. The summed E-state index contributed by atoms with van der Waals surface area (Å²) in [4.78, 5) is 0. The van der Waals surface area contributed by atoms with Gasteiger partial charge in [0, 0.05) is 12.2 Å². The summed E-state index contributed by atoms with van der Waals surface area (Å²) in [6, 6.07) is 16.8. The molecule has 0 aliphatic rings. The van der Waals surface area contributed by atoms with E-state index in [1.54, 1.807) is 24.3 Å². The van der Waals surface area contributed by atoms with E-state index >= 15 is 0 Å². The molecular formula is C17H18N2O2. The van der Waals surface area contributed by atoms with Crippen LogP contribution < -0.4 is 10.1 Å². The molecule has 0 bridgehead atoms. The molecule has 1 atom stereocenters. The molecule has 0 aliphatic carbocycles. The third kappa shape index (κ3) is 4.83. The molecule has 0 spiro atoms. The van der Waals surface area contributed by atoms with Crippen LogP contribution in [0.3, 0.4) is 0 Å². The fraction of sp³-hybridized carbons (Fsp3) is 0.235. The molecule has 1 unspecified atom stereocenters. The SMILES string of the molecule is Cc1cccc(NCC(O)COc2ccc(C#N)cc2)c1. The fourth-order valence-corrected chi connectivity index (χ4v) is 1.87. The zero-order valence-electron chi connectivity index (χ0n) is 11.9. The lowest BCUT2D eigenvalue weighted by Crippen LogP contribution is -2.26. The normalized spacial score (nSPS) is 11.5. The first-order valence-electron chi connectivity index (χ1n) is 6.79. The van der Waals surface area contributed by atoms with Gasteiger partial charge in [0.15, 0.2) is 0 Å². The van der Waals surface area contributed by atoms with E-state index in [9.17, 15) is 5.11 Å². The molecule has 4 heteroatoms. The van der Waals surface area contributed by atoms with Gasteiger partial charge in [-0.1, -0.05) is 12.1 Å². The summed E-state index contributed by atoms with van der Waals surface area (Å²) < 4.78 is 5.48. The number of nitrogens with one attached hydrogen (secondary N) is 1. The lowest BCUT2D eigenvalue weighted by atomic mass is 10.2. The van der Waals surface area contributed by atoms with Crippen LogP contribution in [0.2, 0.25) is 0 Å². The molecule has 2 aromatic carbocycles. The molecule has 0 fully saturated rings. The predicted molar refractivity (Wildman–Crippen MR) is 82.3 cm³/mol.